The van der Waals surface area contributed by atoms with Crippen molar-refractivity contribution in [1.82, 2.24) is 0 Å². The zero-order chi connectivity index (χ0) is 26.4. The summed E-state index contributed by atoms with van der Waals surface area (Å²) in [6.45, 7) is 11.7. The van der Waals surface area contributed by atoms with Crippen LogP contribution in [0, 0.1) is 50.5 Å². The van der Waals surface area contributed by atoms with Gasteiger partial charge in [-0.25, -0.2) is 4.79 Å². The Labute approximate surface area is 214 Å². The van der Waals surface area contributed by atoms with Crippen LogP contribution in [0.25, 0.3) is 0 Å². The zero-order valence-electron chi connectivity index (χ0n) is 22.6. The normalized spacial score (nSPS) is 40.7. The Balaban J connectivity index is 1.66. The van der Waals surface area contributed by atoms with Crippen molar-refractivity contribution in [2.75, 3.05) is 6.61 Å². The molecule has 8 nitrogen and oxygen atoms in total. The molecule has 0 saturated heterocycles. The fourth-order valence-electron chi connectivity index (χ4n) is 8.85. The van der Waals surface area contributed by atoms with Crippen LogP contribution < -0.4 is 0 Å². The summed E-state index contributed by atoms with van der Waals surface area (Å²) in [5.74, 6) is 0.804. The molecular weight excluding hydrogens is 460 g/mol. The Bertz CT molecular complexity index is 975. The fraction of sp³-hybridized carbons (Fsp3) is 0.821. The predicted molar refractivity (Wildman–Crippen MR) is 136 cm³/mol. The molecule has 4 rings (SSSR count). The van der Waals surface area contributed by atoms with Gasteiger partial charge in [0.15, 0.2) is 0 Å². The second-order valence-electron chi connectivity index (χ2n) is 12.1. The van der Waals surface area contributed by atoms with E-state index in [1.165, 1.54) is 12.5 Å². The van der Waals surface area contributed by atoms with E-state index in [1.807, 2.05) is 6.92 Å². The summed E-state index contributed by atoms with van der Waals surface area (Å²) in [6, 6.07) is -0.701. The molecule has 0 bridgehead atoms. The molecule has 36 heavy (non-hydrogen) atoms. The summed E-state index contributed by atoms with van der Waals surface area (Å²) in [5.41, 5.74) is 2.04. The van der Waals surface area contributed by atoms with E-state index >= 15 is 0 Å². The smallest absolute Gasteiger partial charge is 0.433 e. The van der Waals surface area contributed by atoms with E-state index in [0.717, 1.165) is 44.9 Å². The van der Waals surface area contributed by atoms with E-state index in [4.69, 9.17) is 9.47 Å². The lowest BCUT2D eigenvalue weighted by atomic mass is 9.47. The van der Waals surface area contributed by atoms with Gasteiger partial charge in [-0.2, -0.15) is 4.99 Å². The maximum absolute atomic E-state index is 12.2. The third kappa shape index (κ3) is 4.49. The minimum absolute atomic E-state index is 0.0323. The van der Waals surface area contributed by atoms with Crippen LogP contribution >= 0.6 is 0 Å². The fourth-order valence-corrected chi connectivity index (χ4v) is 8.85. The number of hydrogen-bond donors (Lipinski definition) is 0. The highest BCUT2D eigenvalue weighted by molar-refractivity contribution is 5.94. The molecule has 0 radical (unpaired) electrons. The first-order valence-electron chi connectivity index (χ1n) is 13.6. The Hall–Kier alpha value is -2.25. The molecule has 0 N–H and O–H groups in total. The van der Waals surface area contributed by atoms with Crippen LogP contribution in [0.3, 0.4) is 0 Å². The number of esters is 1. The van der Waals surface area contributed by atoms with E-state index in [1.54, 1.807) is 13.8 Å². The van der Waals surface area contributed by atoms with Gasteiger partial charge in [-0.1, -0.05) is 25.5 Å². The first kappa shape index (κ1) is 26.8. The quantitative estimate of drug-likeness (QED) is 0.150. The Morgan fingerprint density at radius 2 is 1.94 bits per heavy atom. The highest BCUT2D eigenvalue weighted by Crippen LogP contribution is 2.68. The minimum atomic E-state index is -0.701. The lowest BCUT2D eigenvalue weighted by Gasteiger charge is -2.58. The standard InChI is InChI=1S/C28H42N2O6/c1-7-35-26(32)29-16(2)25-22(17(3)30(33)34)15-24-21-9-8-19-14-20(36-18(4)31)10-12-27(19,5)23(21)11-13-28(24,25)6/h8,17,20-25H,7,9-15H2,1-6H3/t17-,20-,21-,22-,23+,24+,25-,27-,28-/m0/s1. The van der Waals surface area contributed by atoms with Crippen LogP contribution in [0.1, 0.15) is 86.5 Å². The van der Waals surface area contributed by atoms with Crippen LogP contribution in [0.4, 0.5) is 4.79 Å². The number of hydrogen-bond acceptors (Lipinski definition) is 6. The van der Waals surface area contributed by atoms with Gasteiger partial charge >= 0.3 is 12.1 Å². The lowest BCUT2D eigenvalue weighted by molar-refractivity contribution is -0.528. The van der Waals surface area contributed by atoms with Gasteiger partial charge in [-0.05, 0) is 81.0 Å². The van der Waals surface area contributed by atoms with Crippen molar-refractivity contribution in [3.8, 4) is 0 Å². The van der Waals surface area contributed by atoms with E-state index in [0.29, 0.717) is 23.5 Å². The van der Waals surface area contributed by atoms with Crippen molar-refractivity contribution in [1.29, 1.82) is 0 Å². The van der Waals surface area contributed by atoms with Crippen LogP contribution in [0.15, 0.2) is 16.6 Å². The van der Waals surface area contributed by atoms with Gasteiger partial charge in [0.2, 0.25) is 6.04 Å². The molecule has 0 aliphatic heterocycles. The summed E-state index contributed by atoms with van der Waals surface area (Å²) in [5, 5.41) is 11.9. The van der Waals surface area contributed by atoms with Gasteiger partial charge in [0.1, 0.15) is 6.10 Å². The van der Waals surface area contributed by atoms with Crippen molar-refractivity contribution in [2.24, 2.45) is 45.4 Å². The average molecular weight is 503 g/mol. The van der Waals surface area contributed by atoms with E-state index < -0.39 is 12.1 Å². The largest absolute Gasteiger partial charge is 0.462 e. The number of ether oxygens (including phenoxy) is 2. The van der Waals surface area contributed by atoms with Gasteiger partial charge in [0.25, 0.3) is 0 Å². The Kier molecular flexibility index (Phi) is 7.37. The molecule has 4 aliphatic carbocycles. The highest BCUT2D eigenvalue weighted by Gasteiger charge is 2.63. The van der Waals surface area contributed by atoms with Gasteiger partial charge in [0.05, 0.1) is 6.61 Å². The first-order valence-corrected chi connectivity index (χ1v) is 13.6. The maximum Gasteiger partial charge on any atom is 0.433 e. The number of rotatable bonds is 5. The molecule has 9 atom stereocenters. The van der Waals surface area contributed by atoms with Crippen LogP contribution in [-0.4, -0.2) is 41.5 Å². The second-order valence-corrected chi connectivity index (χ2v) is 12.1. The number of fused-ring (bicyclic) bond motifs is 5. The molecule has 0 aromatic rings. The number of carbonyl (C=O) groups is 2. The van der Waals surface area contributed by atoms with Gasteiger partial charge in [0, 0.05) is 42.7 Å². The van der Waals surface area contributed by atoms with Crippen molar-refractivity contribution < 1.29 is 24.0 Å². The number of aliphatic imine (C=N–C) groups is 1. The SMILES string of the molecule is CCOC(=O)N=C(C)[C@H]1[C@H]([C@H](C)[N+](=O)[O-])C[C@@H]2[C@H]3CC=C4C[C@@H](OC(C)=O)CC[C@]4(C)[C@@H]3CC[C@@]21C. The predicted octanol–water partition coefficient (Wildman–Crippen LogP) is 6.01. The zero-order valence-corrected chi connectivity index (χ0v) is 22.6. The maximum atomic E-state index is 12.2. The molecule has 1 amide bonds. The van der Waals surface area contributed by atoms with Crippen LogP contribution in [-0.2, 0) is 14.3 Å². The molecule has 200 valence electrons. The number of nitrogens with zero attached hydrogens (tertiary/aromatic N) is 2. The summed E-state index contributed by atoms with van der Waals surface area (Å²) >= 11 is 0. The summed E-state index contributed by atoms with van der Waals surface area (Å²) in [4.78, 5) is 39.8. The van der Waals surface area contributed by atoms with Gasteiger partial charge in [-0.3, -0.25) is 14.9 Å². The second kappa shape index (κ2) is 9.90. The molecule has 8 heteroatoms. The van der Waals surface area contributed by atoms with Crippen molar-refractivity contribution in [3.63, 3.8) is 0 Å². The number of nitro groups is 1. The highest BCUT2D eigenvalue weighted by atomic mass is 16.6. The van der Waals surface area contributed by atoms with Crippen molar-refractivity contribution in [3.05, 3.63) is 21.8 Å². The minimum Gasteiger partial charge on any atom is -0.462 e. The molecule has 4 aliphatic rings. The molecule has 0 spiro atoms. The number of carbonyl (C=O) groups excluding carboxylic acids is 2. The molecule has 0 heterocycles. The molecule has 0 unspecified atom stereocenters. The summed E-state index contributed by atoms with van der Waals surface area (Å²) in [6.07, 6.45) is 8.23. The van der Waals surface area contributed by atoms with Crippen molar-refractivity contribution >= 4 is 17.8 Å². The third-order valence-corrected chi connectivity index (χ3v) is 10.4. The molecular formula is C28H42N2O6. The van der Waals surface area contributed by atoms with Crippen molar-refractivity contribution in [2.45, 2.75) is 98.6 Å². The van der Waals surface area contributed by atoms with E-state index in [2.05, 4.69) is 24.9 Å². The summed E-state index contributed by atoms with van der Waals surface area (Å²) in [7, 11) is 0. The Morgan fingerprint density at radius 3 is 2.58 bits per heavy atom. The van der Waals surface area contributed by atoms with E-state index in [9.17, 15) is 19.7 Å². The summed E-state index contributed by atoms with van der Waals surface area (Å²) < 4.78 is 10.6. The van der Waals surface area contributed by atoms with E-state index in [-0.39, 0.29) is 46.3 Å². The molecule has 3 saturated carbocycles. The first-order chi connectivity index (χ1) is 16.9. The van der Waals surface area contributed by atoms with Crippen LogP contribution in [0.5, 0.6) is 0 Å². The molecule has 0 aromatic heterocycles. The van der Waals surface area contributed by atoms with Gasteiger partial charge in [-0.15, -0.1) is 0 Å². The lowest BCUT2D eigenvalue weighted by Crippen LogP contribution is -2.51. The van der Waals surface area contributed by atoms with Crippen LogP contribution in [0.2, 0.25) is 0 Å². The third-order valence-electron chi connectivity index (χ3n) is 10.4. The topological polar surface area (TPSA) is 108 Å². The number of allylic oxidation sites excluding steroid dienone is 1. The average Bonchev–Trinajstić information content (AvgIpc) is 3.11. The Morgan fingerprint density at radius 1 is 1.22 bits per heavy atom. The number of amides is 1. The monoisotopic (exact) mass is 502 g/mol. The van der Waals surface area contributed by atoms with Gasteiger partial charge < -0.3 is 9.47 Å². The molecule has 3 fully saturated rings. The molecule has 0 aromatic carbocycles.